The van der Waals surface area contributed by atoms with Crippen molar-refractivity contribution in [3.05, 3.63) is 42.8 Å². The molecule has 0 aliphatic heterocycles. The molecule has 0 aliphatic rings. The van der Waals surface area contributed by atoms with Gasteiger partial charge in [-0.25, -0.2) is 4.79 Å². The summed E-state index contributed by atoms with van der Waals surface area (Å²) in [5, 5.41) is 11.1. The molecule has 1 amide bonds. The molecule has 14 heavy (non-hydrogen) atoms. The molecule has 75 valence electrons. The first kappa shape index (κ1) is 10.6. The summed E-state index contributed by atoms with van der Waals surface area (Å²) in [6.07, 6.45) is 0.434. The van der Waals surface area contributed by atoms with Crippen LogP contribution in [0.1, 0.15) is 24.4 Å². The van der Waals surface area contributed by atoms with Gasteiger partial charge in [0, 0.05) is 0 Å². The van der Waals surface area contributed by atoms with E-state index in [2.05, 4.69) is 12.2 Å². The topological polar surface area (TPSA) is 49.3 Å². The van der Waals surface area contributed by atoms with Crippen LogP contribution in [0.15, 0.2) is 30.3 Å². The third-order valence-corrected chi connectivity index (χ3v) is 1.99. The van der Waals surface area contributed by atoms with Crippen LogP contribution < -0.4 is 5.32 Å². The highest BCUT2D eigenvalue weighted by atomic mass is 16.4. The highest BCUT2D eigenvalue weighted by molar-refractivity contribution is 5.65. The van der Waals surface area contributed by atoms with Gasteiger partial charge in [0.15, 0.2) is 0 Å². The van der Waals surface area contributed by atoms with Crippen LogP contribution in [0, 0.1) is 6.92 Å². The van der Waals surface area contributed by atoms with E-state index in [0.717, 1.165) is 12.0 Å². The maximum atomic E-state index is 10.5. The van der Waals surface area contributed by atoms with Crippen LogP contribution in [0.3, 0.4) is 0 Å². The second-order valence-corrected chi connectivity index (χ2v) is 3.05. The SMILES string of the molecule is [CH2]CCC(NC(=O)O)c1ccccc1. The molecule has 0 aromatic heterocycles. The van der Waals surface area contributed by atoms with Crippen molar-refractivity contribution in [1.29, 1.82) is 0 Å². The average molecular weight is 192 g/mol. The summed E-state index contributed by atoms with van der Waals surface area (Å²) in [5.74, 6) is 0. The van der Waals surface area contributed by atoms with Crippen molar-refractivity contribution in [3.63, 3.8) is 0 Å². The maximum absolute atomic E-state index is 10.5. The smallest absolute Gasteiger partial charge is 0.405 e. The van der Waals surface area contributed by atoms with E-state index < -0.39 is 6.09 Å². The Labute approximate surface area is 83.8 Å². The largest absolute Gasteiger partial charge is 0.465 e. The Morgan fingerprint density at radius 1 is 1.43 bits per heavy atom. The van der Waals surface area contributed by atoms with Gasteiger partial charge >= 0.3 is 6.09 Å². The lowest BCUT2D eigenvalue weighted by Crippen LogP contribution is -2.26. The van der Waals surface area contributed by atoms with E-state index in [4.69, 9.17) is 5.11 Å². The molecule has 1 rings (SSSR count). The van der Waals surface area contributed by atoms with Gasteiger partial charge in [-0.1, -0.05) is 43.7 Å². The van der Waals surface area contributed by atoms with Crippen LogP contribution in [-0.2, 0) is 0 Å². The van der Waals surface area contributed by atoms with Gasteiger partial charge < -0.3 is 10.4 Å². The second kappa shape index (κ2) is 5.27. The highest BCUT2D eigenvalue weighted by Gasteiger charge is 2.11. The standard InChI is InChI=1S/C11H14NO2/c1-2-6-10(12-11(13)14)9-7-4-3-5-8-9/h3-5,7-8,10,12H,1-2,6H2,(H,13,14). The minimum absolute atomic E-state index is 0.147. The van der Waals surface area contributed by atoms with Crippen molar-refractivity contribution >= 4 is 6.09 Å². The number of hydrogen-bond donors (Lipinski definition) is 2. The van der Waals surface area contributed by atoms with E-state index >= 15 is 0 Å². The molecule has 0 fully saturated rings. The first-order chi connectivity index (χ1) is 6.74. The number of nitrogens with one attached hydrogen (secondary N) is 1. The Morgan fingerprint density at radius 3 is 2.57 bits per heavy atom. The van der Waals surface area contributed by atoms with Crippen LogP contribution in [-0.4, -0.2) is 11.2 Å². The summed E-state index contributed by atoms with van der Waals surface area (Å²) >= 11 is 0. The van der Waals surface area contributed by atoms with E-state index in [1.54, 1.807) is 0 Å². The van der Waals surface area contributed by atoms with Gasteiger partial charge in [0.25, 0.3) is 0 Å². The van der Waals surface area contributed by atoms with Crippen molar-refractivity contribution in [2.75, 3.05) is 0 Å². The summed E-state index contributed by atoms with van der Waals surface area (Å²) in [7, 11) is 0. The molecule has 0 heterocycles. The number of carboxylic acid groups (broad SMARTS) is 1. The molecule has 1 unspecified atom stereocenters. The third-order valence-electron chi connectivity index (χ3n) is 1.99. The molecule has 1 atom stereocenters. The molecule has 0 bridgehead atoms. The summed E-state index contributed by atoms with van der Waals surface area (Å²) in [6.45, 7) is 3.73. The molecule has 2 N–H and O–H groups in total. The van der Waals surface area contributed by atoms with Gasteiger partial charge in [0.1, 0.15) is 0 Å². The Morgan fingerprint density at radius 2 is 2.07 bits per heavy atom. The average Bonchev–Trinajstić information content (AvgIpc) is 2.18. The van der Waals surface area contributed by atoms with Crippen LogP contribution in [0.2, 0.25) is 0 Å². The molecule has 1 radical (unpaired) electrons. The minimum Gasteiger partial charge on any atom is -0.465 e. The van der Waals surface area contributed by atoms with Crippen molar-refractivity contribution in [1.82, 2.24) is 5.32 Å². The summed E-state index contributed by atoms with van der Waals surface area (Å²) in [4.78, 5) is 10.5. The van der Waals surface area contributed by atoms with E-state index in [1.165, 1.54) is 0 Å². The van der Waals surface area contributed by atoms with E-state index in [1.807, 2.05) is 30.3 Å². The zero-order valence-corrected chi connectivity index (χ0v) is 7.94. The number of hydrogen-bond acceptors (Lipinski definition) is 1. The van der Waals surface area contributed by atoms with Gasteiger partial charge in [-0.05, 0) is 12.0 Å². The van der Waals surface area contributed by atoms with Crippen molar-refractivity contribution in [3.8, 4) is 0 Å². The molecule has 3 nitrogen and oxygen atoms in total. The normalized spacial score (nSPS) is 12.1. The third kappa shape index (κ3) is 3.09. The molecule has 0 aliphatic carbocycles. The van der Waals surface area contributed by atoms with Crippen molar-refractivity contribution < 1.29 is 9.90 Å². The number of amides is 1. The molecule has 1 aromatic carbocycles. The van der Waals surface area contributed by atoms with Crippen LogP contribution in [0.5, 0.6) is 0 Å². The lowest BCUT2D eigenvalue weighted by molar-refractivity contribution is 0.189. The predicted molar refractivity (Wildman–Crippen MR) is 54.9 cm³/mol. The lowest BCUT2D eigenvalue weighted by atomic mass is 10.0. The summed E-state index contributed by atoms with van der Waals surface area (Å²) in [6, 6.07) is 9.38. The first-order valence-electron chi connectivity index (χ1n) is 4.57. The van der Waals surface area contributed by atoms with Crippen molar-refractivity contribution in [2.45, 2.75) is 18.9 Å². The van der Waals surface area contributed by atoms with Gasteiger partial charge in [-0.15, -0.1) is 0 Å². The molecule has 0 saturated carbocycles. The van der Waals surface area contributed by atoms with E-state index in [-0.39, 0.29) is 6.04 Å². The highest BCUT2D eigenvalue weighted by Crippen LogP contribution is 2.17. The lowest BCUT2D eigenvalue weighted by Gasteiger charge is -2.16. The molecular weight excluding hydrogens is 178 g/mol. The Kier molecular flexibility index (Phi) is 3.98. The molecule has 3 heteroatoms. The number of rotatable bonds is 4. The van der Waals surface area contributed by atoms with Crippen molar-refractivity contribution in [2.24, 2.45) is 0 Å². The Balaban J connectivity index is 2.72. The Hall–Kier alpha value is -1.51. The van der Waals surface area contributed by atoms with Gasteiger partial charge in [-0.2, -0.15) is 0 Å². The molecule has 0 spiro atoms. The van der Waals surface area contributed by atoms with Crippen LogP contribution in [0.25, 0.3) is 0 Å². The van der Waals surface area contributed by atoms with Gasteiger partial charge in [0.05, 0.1) is 6.04 Å². The molecule has 0 saturated heterocycles. The number of carbonyl (C=O) groups is 1. The fourth-order valence-electron chi connectivity index (χ4n) is 1.36. The minimum atomic E-state index is -0.993. The number of benzene rings is 1. The maximum Gasteiger partial charge on any atom is 0.405 e. The molecule has 1 aromatic rings. The monoisotopic (exact) mass is 192 g/mol. The van der Waals surface area contributed by atoms with E-state index in [9.17, 15) is 4.79 Å². The zero-order chi connectivity index (χ0) is 10.4. The van der Waals surface area contributed by atoms with Gasteiger partial charge in [0.2, 0.25) is 0 Å². The first-order valence-corrected chi connectivity index (χ1v) is 4.57. The summed E-state index contributed by atoms with van der Waals surface area (Å²) < 4.78 is 0. The fraction of sp³-hybridized carbons (Fsp3) is 0.273. The predicted octanol–water partition coefficient (Wildman–Crippen LogP) is 2.61. The quantitative estimate of drug-likeness (QED) is 0.770. The van der Waals surface area contributed by atoms with Crippen LogP contribution >= 0.6 is 0 Å². The molecular formula is C11H14NO2. The second-order valence-electron chi connectivity index (χ2n) is 3.05. The van der Waals surface area contributed by atoms with Gasteiger partial charge in [-0.3, -0.25) is 0 Å². The van der Waals surface area contributed by atoms with E-state index in [0.29, 0.717) is 6.42 Å². The zero-order valence-electron chi connectivity index (χ0n) is 7.94. The fourth-order valence-corrected chi connectivity index (χ4v) is 1.36. The van der Waals surface area contributed by atoms with Crippen LogP contribution in [0.4, 0.5) is 4.79 Å². The summed E-state index contributed by atoms with van der Waals surface area (Å²) in [5.41, 5.74) is 0.985. The Bertz CT molecular complexity index is 285.